The highest BCUT2D eigenvalue weighted by molar-refractivity contribution is 9.10. The summed E-state index contributed by atoms with van der Waals surface area (Å²) in [7, 11) is 3.22. The molecule has 0 bridgehead atoms. The van der Waals surface area contributed by atoms with Crippen LogP contribution in [-0.2, 0) is 17.8 Å². The first-order chi connectivity index (χ1) is 13.0. The zero-order chi connectivity index (χ0) is 19.4. The van der Waals surface area contributed by atoms with E-state index in [1.54, 1.807) is 26.4 Å². The Balaban J connectivity index is 1.62. The number of carbonyl (C=O) groups excluding carboxylic acids is 2. The van der Waals surface area contributed by atoms with Crippen molar-refractivity contribution in [1.29, 1.82) is 0 Å². The Bertz CT molecular complexity index is 848. The number of carbonyl (C=O) groups is 2. The molecule has 27 heavy (non-hydrogen) atoms. The highest BCUT2D eigenvalue weighted by atomic mass is 79.9. The number of hydrogen-bond acceptors (Lipinski definition) is 4. The fourth-order valence-corrected chi connectivity index (χ4v) is 3.52. The summed E-state index contributed by atoms with van der Waals surface area (Å²) in [6.45, 7) is 1.18. The smallest absolute Gasteiger partial charge is 0.223 e. The molecule has 0 fully saturated rings. The number of ether oxygens (including phenoxy) is 2. The Hall–Kier alpha value is -2.34. The molecule has 142 valence electrons. The van der Waals surface area contributed by atoms with Crippen LogP contribution in [0, 0.1) is 0 Å². The molecule has 1 aliphatic rings. The maximum absolute atomic E-state index is 12.6. The summed E-state index contributed by atoms with van der Waals surface area (Å²) in [6, 6.07) is 11.1. The van der Waals surface area contributed by atoms with Crippen molar-refractivity contribution in [3.63, 3.8) is 0 Å². The number of fused-ring (bicyclic) bond motifs is 1. The van der Waals surface area contributed by atoms with Gasteiger partial charge in [-0.15, -0.1) is 0 Å². The molecule has 0 radical (unpaired) electrons. The maximum Gasteiger partial charge on any atom is 0.223 e. The van der Waals surface area contributed by atoms with E-state index in [0.717, 1.165) is 16.5 Å². The molecule has 0 aromatic heterocycles. The van der Waals surface area contributed by atoms with Gasteiger partial charge in [0.05, 0.1) is 14.2 Å². The van der Waals surface area contributed by atoms with Gasteiger partial charge >= 0.3 is 0 Å². The van der Waals surface area contributed by atoms with Gasteiger partial charge in [0, 0.05) is 36.0 Å². The van der Waals surface area contributed by atoms with E-state index in [4.69, 9.17) is 9.47 Å². The van der Waals surface area contributed by atoms with E-state index in [1.165, 1.54) is 5.56 Å². The third-order valence-corrected chi connectivity index (χ3v) is 5.33. The Morgan fingerprint density at radius 1 is 1.00 bits per heavy atom. The lowest BCUT2D eigenvalue weighted by molar-refractivity contribution is -0.132. The number of Topliss-reactive ketones (excluding diaryl/α,β-unsaturated/α-hetero) is 1. The highest BCUT2D eigenvalue weighted by Crippen LogP contribution is 2.33. The summed E-state index contributed by atoms with van der Waals surface area (Å²) in [4.78, 5) is 26.7. The second-order valence-electron chi connectivity index (χ2n) is 6.47. The minimum absolute atomic E-state index is 0.000830. The zero-order valence-electron chi connectivity index (χ0n) is 15.5. The largest absolute Gasteiger partial charge is 0.493 e. The van der Waals surface area contributed by atoms with Crippen LogP contribution in [0.4, 0.5) is 0 Å². The molecule has 0 aliphatic carbocycles. The second kappa shape index (κ2) is 8.57. The van der Waals surface area contributed by atoms with Crippen LogP contribution in [0.25, 0.3) is 0 Å². The second-order valence-corrected chi connectivity index (χ2v) is 7.39. The monoisotopic (exact) mass is 431 g/mol. The zero-order valence-corrected chi connectivity index (χ0v) is 17.0. The SMILES string of the molecule is COc1cc2c(cc1OC)CN(C(=O)CCC(=O)c1ccc(Br)cc1)CC2. The molecular weight excluding hydrogens is 410 g/mol. The van der Waals surface area contributed by atoms with Crippen LogP contribution in [-0.4, -0.2) is 37.4 Å². The van der Waals surface area contributed by atoms with Gasteiger partial charge in [-0.05, 0) is 41.8 Å². The number of nitrogens with zero attached hydrogens (tertiary/aromatic N) is 1. The lowest BCUT2D eigenvalue weighted by Gasteiger charge is -2.29. The predicted octanol–water partition coefficient (Wildman–Crippen LogP) is 4.01. The van der Waals surface area contributed by atoms with Crippen molar-refractivity contribution in [3.05, 3.63) is 57.6 Å². The fraction of sp³-hybridized carbons (Fsp3) is 0.333. The average Bonchev–Trinajstić information content (AvgIpc) is 2.70. The van der Waals surface area contributed by atoms with Gasteiger partial charge < -0.3 is 14.4 Å². The van der Waals surface area contributed by atoms with Crippen LogP contribution in [0.2, 0.25) is 0 Å². The summed E-state index contributed by atoms with van der Waals surface area (Å²) in [6.07, 6.45) is 1.20. The molecule has 6 heteroatoms. The lowest BCUT2D eigenvalue weighted by Crippen LogP contribution is -2.36. The standard InChI is InChI=1S/C21H22BrNO4/c1-26-19-11-15-9-10-23(13-16(15)12-20(19)27-2)21(25)8-7-18(24)14-3-5-17(22)6-4-14/h3-6,11-12H,7-10,13H2,1-2H3. The Morgan fingerprint density at radius 3 is 2.26 bits per heavy atom. The van der Waals surface area contributed by atoms with E-state index < -0.39 is 0 Å². The van der Waals surface area contributed by atoms with Gasteiger partial charge in [0.25, 0.3) is 0 Å². The van der Waals surface area contributed by atoms with E-state index in [0.29, 0.717) is 30.2 Å². The van der Waals surface area contributed by atoms with Crippen LogP contribution in [0.15, 0.2) is 40.9 Å². The number of benzene rings is 2. The molecule has 1 heterocycles. The van der Waals surface area contributed by atoms with Gasteiger partial charge in [0.2, 0.25) is 5.91 Å². The van der Waals surface area contributed by atoms with Crippen molar-refractivity contribution in [3.8, 4) is 11.5 Å². The summed E-state index contributed by atoms with van der Waals surface area (Å²) in [5, 5.41) is 0. The van der Waals surface area contributed by atoms with E-state index in [9.17, 15) is 9.59 Å². The summed E-state index contributed by atoms with van der Waals surface area (Å²) in [5.41, 5.74) is 2.86. The van der Waals surface area contributed by atoms with Gasteiger partial charge in [-0.25, -0.2) is 0 Å². The topological polar surface area (TPSA) is 55.8 Å². The minimum atomic E-state index is -0.0142. The summed E-state index contributed by atoms with van der Waals surface area (Å²) >= 11 is 3.35. The van der Waals surface area contributed by atoms with E-state index in [-0.39, 0.29) is 24.5 Å². The van der Waals surface area contributed by atoms with Crippen LogP contribution in [0.5, 0.6) is 11.5 Å². The molecule has 1 aliphatic heterocycles. The van der Waals surface area contributed by atoms with Gasteiger partial charge in [0.1, 0.15) is 0 Å². The first kappa shape index (κ1) is 19.4. The number of hydrogen-bond donors (Lipinski definition) is 0. The normalized spacial score (nSPS) is 13.1. The molecule has 2 aromatic rings. The molecule has 0 atom stereocenters. The summed E-state index contributed by atoms with van der Waals surface area (Å²) in [5.74, 6) is 1.35. The first-order valence-electron chi connectivity index (χ1n) is 8.82. The Kier molecular flexibility index (Phi) is 6.16. The third-order valence-electron chi connectivity index (χ3n) is 4.80. The Labute approximate surface area is 167 Å². The van der Waals surface area contributed by atoms with Crippen LogP contribution >= 0.6 is 15.9 Å². The molecule has 0 N–H and O–H groups in total. The quantitative estimate of drug-likeness (QED) is 0.648. The average molecular weight is 432 g/mol. The molecule has 0 unspecified atom stereocenters. The predicted molar refractivity (Wildman–Crippen MR) is 106 cm³/mol. The van der Waals surface area contributed by atoms with E-state index in [2.05, 4.69) is 15.9 Å². The molecular formula is C21H22BrNO4. The number of halogens is 1. The maximum atomic E-state index is 12.6. The summed E-state index contributed by atoms with van der Waals surface area (Å²) < 4.78 is 11.6. The van der Waals surface area contributed by atoms with E-state index >= 15 is 0 Å². The molecule has 5 nitrogen and oxygen atoms in total. The van der Waals surface area contributed by atoms with Crippen molar-refractivity contribution >= 4 is 27.6 Å². The van der Waals surface area contributed by atoms with Crippen molar-refractivity contribution in [2.24, 2.45) is 0 Å². The first-order valence-corrected chi connectivity index (χ1v) is 9.61. The number of rotatable bonds is 6. The number of methoxy groups -OCH3 is 2. The minimum Gasteiger partial charge on any atom is -0.493 e. The van der Waals surface area contributed by atoms with Crippen molar-refractivity contribution < 1.29 is 19.1 Å². The van der Waals surface area contributed by atoms with Crippen LogP contribution in [0.1, 0.15) is 34.3 Å². The molecule has 0 spiro atoms. The molecule has 3 rings (SSSR count). The molecule has 2 aromatic carbocycles. The molecule has 0 saturated heterocycles. The van der Waals surface area contributed by atoms with Crippen LogP contribution < -0.4 is 9.47 Å². The fourth-order valence-electron chi connectivity index (χ4n) is 3.25. The number of ketones is 1. The lowest BCUT2D eigenvalue weighted by atomic mass is 9.98. The molecule has 1 amide bonds. The van der Waals surface area contributed by atoms with Gasteiger partial charge in [-0.1, -0.05) is 28.1 Å². The number of amides is 1. The van der Waals surface area contributed by atoms with Crippen molar-refractivity contribution in [2.75, 3.05) is 20.8 Å². The van der Waals surface area contributed by atoms with Crippen LogP contribution in [0.3, 0.4) is 0 Å². The van der Waals surface area contributed by atoms with Crippen molar-refractivity contribution in [2.45, 2.75) is 25.8 Å². The Morgan fingerprint density at radius 2 is 1.63 bits per heavy atom. The molecule has 0 saturated carbocycles. The van der Waals surface area contributed by atoms with Gasteiger partial charge in [-0.2, -0.15) is 0 Å². The highest BCUT2D eigenvalue weighted by Gasteiger charge is 2.23. The van der Waals surface area contributed by atoms with Gasteiger partial charge in [0.15, 0.2) is 17.3 Å². The third kappa shape index (κ3) is 4.50. The van der Waals surface area contributed by atoms with E-state index in [1.807, 2.05) is 29.2 Å². The van der Waals surface area contributed by atoms with Crippen molar-refractivity contribution in [1.82, 2.24) is 4.90 Å². The van der Waals surface area contributed by atoms with Gasteiger partial charge in [-0.3, -0.25) is 9.59 Å².